The van der Waals surface area contributed by atoms with Gasteiger partial charge in [-0.1, -0.05) is 25.7 Å². The summed E-state index contributed by atoms with van der Waals surface area (Å²) in [6.07, 6.45) is 1.36. The molecule has 0 bridgehead atoms. The van der Waals surface area contributed by atoms with E-state index in [1.807, 2.05) is 0 Å². The van der Waals surface area contributed by atoms with Gasteiger partial charge >= 0.3 is 12.2 Å². The van der Waals surface area contributed by atoms with Crippen LogP contribution in [0, 0.1) is 5.92 Å². The third-order valence-corrected chi connectivity index (χ3v) is 5.72. The molecule has 5 nitrogen and oxygen atoms in total. The first kappa shape index (κ1) is 17.4. The van der Waals surface area contributed by atoms with Gasteiger partial charge in [0.15, 0.2) is 0 Å². The van der Waals surface area contributed by atoms with Gasteiger partial charge in [0.1, 0.15) is 6.04 Å². The summed E-state index contributed by atoms with van der Waals surface area (Å²) < 4.78 is 40.0. The molecule has 2 saturated carbocycles. The third kappa shape index (κ3) is 3.47. The van der Waals surface area contributed by atoms with Crippen LogP contribution in [0.2, 0.25) is 0 Å². The molecule has 3 aliphatic rings. The van der Waals surface area contributed by atoms with Gasteiger partial charge in [-0.2, -0.15) is 13.2 Å². The zero-order valence-electron chi connectivity index (χ0n) is 13.5. The summed E-state index contributed by atoms with van der Waals surface area (Å²) in [5, 5.41) is 7.71. The van der Waals surface area contributed by atoms with Crippen molar-refractivity contribution >= 4 is 11.9 Å². The highest BCUT2D eigenvalue weighted by atomic mass is 19.4. The van der Waals surface area contributed by atoms with E-state index in [4.69, 9.17) is 0 Å². The molecule has 3 atom stereocenters. The molecule has 0 aromatic carbocycles. The highest BCUT2D eigenvalue weighted by Crippen LogP contribution is 2.37. The van der Waals surface area contributed by atoms with E-state index in [1.54, 1.807) is 0 Å². The largest absolute Gasteiger partial charge is 0.408 e. The lowest BCUT2D eigenvalue weighted by Gasteiger charge is -2.39. The molecule has 136 valence electrons. The highest BCUT2D eigenvalue weighted by molar-refractivity contribution is 5.84. The average molecular weight is 347 g/mol. The van der Waals surface area contributed by atoms with E-state index in [0.717, 1.165) is 32.1 Å². The van der Waals surface area contributed by atoms with Gasteiger partial charge in [0, 0.05) is 0 Å². The van der Waals surface area contributed by atoms with Crippen LogP contribution in [0.3, 0.4) is 0 Å². The van der Waals surface area contributed by atoms with E-state index in [9.17, 15) is 22.8 Å². The van der Waals surface area contributed by atoms with Crippen molar-refractivity contribution in [2.75, 3.05) is 0 Å². The lowest BCUT2D eigenvalue weighted by Crippen LogP contribution is -2.62. The van der Waals surface area contributed by atoms with E-state index in [0.29, 0.717) is 19.3 Å². The first-order valence-corrected chi connectivity index (χ1v) is 8.75. The number of urea groups is 1. The van der Waals surface area contributed by atoms with Gasteiger partial charge in [0.05, 0.1) is 18.0 Å². The Bertz CT molecular complexity index is 505. The van der Waals surface area contributed by atoms with E-state index < -0.39 is 29.7 Å². The quantitative estimate of drug-likeness (QED) is 0.734. The Morgan fingerprint density at radius 3 is 2.50 bits per heavy atom. The third-order valence-electron chi connectivity index (χ3n) is 5.72. The standard InChI is InChI=1S/C16H24F3N3O2/c17-16(18,19)13(10-5-1-2-6-10)21-14(24)22-15-8-4-3-7-11(15)20-12(23)9-15/h10-11,13H,1-9H2,(H,20,23)(H2,21,22,24)/t11-,13?,15+/m0/s1. The van der Waals surface area contributed by atoms with Gasteiger partial charge in [-0.3, -0.25) is 4.79 Å². The van der Waals surface area contributed by atoms with Crippen molar-refractivity contribution in [3.05, 3.63) is 0 Å². The van der Waals surface area contributed by atoms with Crippen molar-refractivity contribution in [1.82, 2.24) is 16.0 Å². The molecule has 3 amide bonds. The smallest absolute Gasteiger partial charge is 0.351 e. The Morgan fingerprint density at radius 1 is 1.17 bits per heavy atom. The van der Waals surface area contributed by atoms with Crippen molar-refractivity contribution in [2.45, 2.75) is 81.6 Å². The summed E-state index contributed by atoms with van der Waals surface area (Å²) in [7, 11) is 0. The number of nitrogens with one attached hydrogen (secondary N) is 3. The van der Waals surface area contributed by atoms with Crippen molar-refractivity contribution in [3.8, 4) is 0 Å². The Kier molecular flexibility index (Phi) is 4.66. The molecule has 2 aliphatic carbocycles. The maximum Gasteiger partial charge on any atom is 0.408 e. The highest BCUT2D eigenvalue weighted by Gasteiger charge is 2.51. The molecule has 3 rings (SSSR count). The van der Waals surface area contributed by atoms with Crippen LogP contribution in [0.5, 0.6) is 0 Å². The number of halogens is 3. The molecule has 1 heterocycles. The van der Waals surface area contributed by atoms with Gasteiger partial charge in [0.2, 0.25) is 5.91 Å². The lowest BCUT2D eigenvalue weighted by atomic mass is 9.78. The number of rotatable bonds is 3. The Morgan fingerprint density at radius 2 is 1.83 bits per heavy atom. The van der Waals surface area contributed by atoms with Crippen LogP contribution in [0.1, 0.15) is 57.8 Å². The van der Waals surface area contributed by atoms with Crippen LogP contribution in [0.15, 0.2) is 0 Å². The van der Waals surface area contributed by atoms with Crippen LogP contribution in [-0.4, -0.2) is 35.7 Å². The summed E-state index contributed by atoms with van der Waals surface area (Å²) in [6.45, 7) is 0. The predicted octanol–water partition coefficient (Wildman–Crippen LogP) is 2.61. The van der Waals surface area contributed by atoms with Crippen molar-refractivity contribution in [1.29, 1.82) is 0 Å². The number of amides is 3. The topological polar surface area (TPSA) is 70.2 Å². The molecule has 0 aromatic rings. The number of carbonyl (C=O) groups is 2. The summed E-state index contributed by atoms with van der Waals surface area (Å²) in [5.74, 6) is -0.705. The maximum atomic E-state index is 13.3. The number of alkyl halides is 3. The fourth-order valence-corrected chi connectivity index (χ4v) is 4.55. The van der Waals surface area contributed by atoms with Crippen LogP contribution >= 0.6 is 0 Å². The number of carbonyl (C=O) groups excluding carboxylic acids is 2. The normalized spacial score (nSPS) is 32.1. The predicted molar refractivity (Wildman–Crippen MR) is 81.2 cm³/mol. The second-order valence-corrected chi connectivity index (χ2v) is 7.36. The fraction of sp³-hybridized carbons (Fsp3) is 0.875. The van der Waals surface area contributed by atoms with E-state index in [1.165, 1.54) is 0 Å². The average Bonchev–Trinajstić information content (AvgIpc) is 3.09. The number of hydrogen-bond acceptors (Lipinski definition) is 2. The van der Waals surface area contributed by atoms with Gasteiger partial charge in [-0.15, -0.1) is 0 Å². The monoisotopic (exact) mass is 347 g/mol. The summed E-state index contributed by atoms with van der Waals surface area (Å²) in [4.78, 5) is 24.0. The molecule has 3 N–H and O–H groups in total. The van der Waals surface area contributed by atoms with Gasteiger partial charge in [0.25, 0.3) is 0 Å². The van der Waals surface area contributed by atoms with Crippen LogP contribution in [0.4, 0.5) is 18.0 Å². The van der Waals surface area contributed by atoms with E-state index in [-0.39, 0.29) is 18.4 Å². The van der Waals surface area contributed by atoms with Crippen LogP contribution in [-0.2, 0) is 4.79 Å². The molecule has 1 unspecified atom stereocenters. The molecule has 1 saturated heterocycles. The zero-order chi connectivity index (χ0) is 17.4. The second kappa shape index (κ2) is 6.44. The minimum Gasteiger partial charge on any atom is -0.351 e. The first-order chi connectivity index (χ1) is 11.3. The summed E-state index contributed by atoms with van der Waals surface area (Å²) in [6, 6.07) is -2.81. The van der Waals surface area contributed by atoms with Crippen LogP contribution in [0.25, 0.3) is 0 Å². The SMILES string of the molecule is O=C1C[C@]2(NC(=O)NC(C3CCCC3)C(F)(F)F)CCCC[C@@H]2N1. The van der Waals surface area contributed by atoms with Crippen molar-refractivity contribution in [3.63, 3.8) is 0 Å². The summed E-state index contributed by atoms with van der Waals surface area (Å²) >= 11 is 0. The Hall–Kier alpha value is -1.47. The molecule has 0 radical (unpaired) electrons. The van der Waals surface area contributed by atoms with Crippen LogP contribution < -0.4 is 16.0 Å². The lowest BCUT2D eigenvalue weighted by molar-refractivity contribution is -0.164. The molecule has 24 heavy (non-hydrogen) atoms. The molecule has 3 fully saturated rings. The zero-order valence-corrected chi connectivity index (χ0v) is 13.5. The number of hydrogen-bond donors (Lipinski definition) is 3. The maximum absolute atomic E-state index is 13.3. The fourth-order valence-electron chi connectivity index (χ4n) is 4.55. The number of fused-ring (bicyclic) bond motifs is 1. The first-order valence-electron chi connectivity index (χ1n) is 8.75. The Labute approximate surface area is 139 Å². The minimum absolute atomic E-state index is 0.144. The molecular weight excluding hydrogens is 323 g/mol. The van der Waals surface area contributed by atoms with Gasteiger partial charge in [-0.05, 0) is 31.6 Å². The molecule has 0 aromatic heterocycles. The van der Waals surface area contributed by atoms with Crippen molar-refractivity contribution < 1.29 is 22.8 Å². The van der Waals surface area contributed by atoms with Gasteiger partial charge in [-0.25, -0.2) is 4.79 Å². The van der Waals surface area contributed by atoms with E-state index in [2.05, 4.69) is 16.0 Å². The molecule has 1 aliphatic heterocycles. The Balaban J connectivity index is 1.68. The summed E-state index contributed by atoms with van der Waals surface area (Å²) in [5.41, 5.74) is -0.745. The van der Waals surface area contributed by atoms with E-state index >= 15 is 0 Å². The molecule has 8 heteroatoms. The minimum atomic E-state index is -4.46. The van der Waals surface area contributed by atoms with Crippen molar-refractivity contribution in [2.24, 2.45) is 5.92 Å². The second-order valence-electron chi connectivity index (χ2n) is 7.36. The molecule has 0 spiro atoms. The molecular formula is C16H24F3N3O2. The van der Waals surface area contributed by atoms with Gasteiger partial charge < -0.3 is 16.0 Å².